The van der Waals surface area contributed by atoms with Crippen molar-refractivity contribution in [2.24, 2.45) is 5.41 Å². The van der Waals surface area contributed by atoms with Gasteiger partial charge in [-0.25, -0.2) is 0 Å². The number of benzene rings is 1. The lowest BCUT2D eigenvalue weighted by Gasteiger charge is -2.22. The lowest BCUT2D eigenvalue weighted by molar-refractivity contribution is -0.384. The molecule has 0 bridgehead atoms. The molecule has 0 aliphatic rings. The fraction of sp³-hybridized carbons (Fsp3) is 0.571. The van der Waals surface area contributed by atoms with E-state index in [2.05, 4.69) is 33.0 Å². The highest BCUT2D eigenvalue weighted by molar-refractivity contribution is 5.61. The summed E-state index contributed by atoms with van der Waals surface area (Å²) in [5.74, 6) is 0. The minimum Gasteiger partial charge on any atom is -0.377 e. The fourth-order valence-corrected chi connectivity index (χ4v) is 1.74. The van der Waals surface area contributed by atoms with Crippen LogP contribution in [0.1, 0.15) is 40.5 Å². The van der Waals surface area contributed by atoms with Crippen molar-refractivity contribution in [1.82, 2.24) is 0 Å². The van der Waals surface area contributed by atoms with E-state index in [0.717, 1.165) is 12.8 Å². The Morgan fingerprint density at radius 2 is 1.94 bits per heavy atom. The summed E-state index contributed by atoms with van der Waals surface area (Å²) in [7, 11) is 0. The number of hydrogen-bond acceptors (Lipinski definition) is 3. The second-order valence-corrected chi connectivity index (χ2v) is 5.92. The first-order valence-electron chi connectivity index (χ1n) is 6.29. The van der Waals surface area contributed by atoms with Gasteiger partial charge in [0.25, 0.3) is 5.69 Å². The van der Waals surface area contributed by atoms with Crippen LogP contribution in [-0.4, -0.2) is 11.0 Å². The Morgan fingerprint density at radius 1 is 1.33 bits per heavy atom. The second kappa shape index (κ2) is 5.85. The first-order chi connectivity index (χ1) is 8.29. The van der Waals surface area contributed by atoms with Crippen molar-refractivity contribution in [2.75, 3.05) is 5.32 Å². The number of nitro benzene ring substituents is 1. The number of rotatable bonds is 5. The van der Waals surface area contributed by atoms with Crippen molar-refractivity contribution < 1.29 is 4.92 Å². The van der Waals surface area contributed by atoms with Crippen LogP contribution in [0.25, 0.3) is 0 Å². The Bertz CT molecular complexity index is 411. The molecule has 1 atom stereocenters. The van der Waals surface area contributed by atoms with E-state index in [4.69, 9.17) is 0 Å². The minimum atomic E-state index is -0.348. The Morgan fingerprint density at radius 3 is 2.50 bits per heavy atom. The molecule has 0 heterocycles. The second-order valence-electron chi connectivity index (χ2n) is 5.92. The predicted octanol–water partition coefficient (Wildman–Crippen LogP) is 4.22. The highest BCUT2D eigenvalue weighted by Crippen LogP contribution is 2.26. The van der Waals surface area contributed by atoms with Crippen LogP contribution in [0.3, 0.4) is 0 Å². The first kappa shape index (κ1) is 14.5. The number of nitrogens with zero attached hydrogens (tertiary/aromatic N) is 1. The quantitative estimate of drug-likeness (QED) is 0.628. The highest BCUT2D eigenvalue weighted by Gasteiger charge is 2.16. The van der Waals surface area contributed by atoms with Gasteiger partial charge >= 0.3 is 0 Å². The Labute approximate surface area is 109 Å². The summed E-state index contributed by atoms with van der Waals surface area (Å²) in [6, 6.07) is 7.00. The van der Waals surface area contributed by atoms with E-state index >= 15 is 0 Å². The summed E-state index contributed by atoms with van der Waals surface area (Å²) in [6.07, 6.45) is 2.08. The molecule has 0 saturated heterocycles. The average Bonchev–Trinajstić information content (AvgIpc) is 2.26. The van der Waals surface area contributed by atoms with Gasteiger partial charge in [-0.1, -0.05) is 32.9 Å². The SMILES string of the molecule is CC(CCC(C)(C)C)Nc1ccccc1[N+](=O)[O-]. The molecule has 0 radical (unpaired) electrons. The fourth-order valence-electron chi connectivity index (χ4n) is 1.74. The molecule has 0 aromatic heterocycles. The van der Waals surface area contributed by atoms with Crippen molar-refractivity contribution in [2.45, 2.75) is 46.6 Å². The van der Waals surface area contributed by atoms with Crippen LogP contribution in [0.5, 0.6) is 0 Å². The highest BCUT2D eigenvalue weighted by atomic mass is 16.6. The molecule has 1 N–H and O–H groups in total. The third-order valence-electron chi connectivity index (χ3n) is 2.83. The van der Waals surface area contributed by atoms with Gasteiger partial charge in [-0.3, -0.25) is 10.1 Å². The van der Waals surface area contributed by atoms with Gasteiger partial charge in [0, 0.05) is 12.1 Å². The van der Waals surface area contributed by atoms with Gasteiger partial charge in [-0.05, 0) is 31.2 Å². The van der Waals surface area contributed by atoms with Crippen LogP contribution in [0, 0.1) is 15.5 Å². The van der Waals surface area contributed by atoms with Crippen LogP contribution >= 0.6 is 0 Å². The number of anilines is 1. The maximum absolute atomic E-state index is 10.9. The molecule has 4 heteroatoms. The van der Waals surface area contributed by atoms with Crippen molar-refractivity contribution in [3.05, 3.63) is 34.4 Å². The smallest absolute Gasteiger partial charge is 0.292 e. The molecule has 100 valence electrons. The zero-order valence-corrected chi connectivity index (χ0v) is 11.6. The van der Waals surface area contributed by atoms with E-state index in [-0.39, 0.29) is 16.7 Å². The van der Waals surface area contributed by atoms with Crippen molar-refractivity contribution in [3.63, 3.8) is 0 Å². The lowest BCUT2D eigenvalue weighted by Crippen LogP contribution is -2.19. The summed E-state index contributed by atoms with van der Waals surface area (Å²) < 4.78 is 0. The molecule has 1 aromatic rings. The summed E-state index contributed by atoms with van der Waals surface area (Å²) in [6.45, 7) is 8.66. The molecule has 0 aliphatic carbocycles. The molecule has 1 aromatic carbocycles. The van der Waals surface area contributed by atoms with Crippen LogP contribution in [0.15, 0.2) is 24.3 Å². The summed E-state index contributed by atoms with van der Waals surface area (Å²) in [4.78, 5) is 10.5. The number of nitro groups is 1. The van der Waals surface area contributed by atoms with Crippen molar-refractivity contribution >= 4 is 11.4 Å². The molecule has 0 aliphatic heterocycles. The number of nitrogens with one attached hydrogen (secondary N) is 1. The van der Waals surface area contributed by atoms with E-state index in [0.29, 0.717) is 11.1 Å². The van der Waals surface area contributed by atoms with E-state index in [9.17, 15) is 10.1 Å². The molecular formula is C14H22N2O2. The molecule has 1 unspecified atom stereocenters. The standard InChI is InChI=1S/C14H22N2O2/c1-11(9-10-14(2,3)4)15-12-7-5-6-8-13(12)16(17)18/h5-8,11,15H,9-10H2,1-4H3. The maximum Gasteiger partial charge on any atom is 0.292 e. The largest absolute Gasteiger partial charge is 0.377 e. The Kier molecular flexibility index (Phi) is 4.70. The Hall–Kier alpha value is -1.58. The molecule has 0 amide bonds. The third-order valence-corrected chi connectivity index (χ3v) is 2.83. The zero-order valence-electron chi connectivity index (χ0n) is 11.6. The molecule has 0 spiro atoms. The van der Waals surface area contributed by atoms with Gasteiger partial charge < -0.3 is 5.32 Å². The topological polar surface area (TPSA) is 55.2 Å². The molecule has 18 heavy (non-hydrogen) atoms. The van der Waals surface area contributed by atoms with Gasteiger partial charge in [-0.2, -0.15) is 0 Å². The van der Waals surface area contributed by atoms with E-state index in [1.807, 2.05) is 6.07 Å². The van der Waals surface area contributed by atoms with Crippen molar-refractivity contribution in [1.29, 1.82) is 0 Å². The van der Waals surface area contributed by atoms with Gasteiger partial charge in [0.2, 0.25) is 0 Å². The van der Waals surface area contributed by atoms with Crippen LogP contribution in [0.4, 0.5) is 11.4 Å². The van der Waals surface area contributed by atoms with Gasteiger partial charge in [0.1, 0.15) is 5.69 Å². The predicted molar refractivity (Wildman–Crippen MR) is 74.9 cm³/mol. The summed E-state index contributed by atoms with van der Waals surface area (Å²) in [5, 5.41) is 14.1. The summed E-state index contributed by atoms with van der Waals surface area (Å²) in [5.41, 5.74) is 1.03. The number of para-hydroxylation sites is 2. The molecule has 0 fully saturated rings. The summed E-state index contributed by atoms with van der Waals surface area (Å²) >= 11 is 0. The molecular weight excluding hydrogens is 228 g/mol. The first-order valence-corrected chi connectivity index (χ1v) is 6.29. The molecule has 0 saturated carbocycles. The zero-order chi connectivity index (χ0) is 13.8. The van der Waals surface area contributed by atoms with Crippen LogP contribution < -0.4 is 5.32 Å². The van der Waals surface area contributed by atoms with Gasteiger partial charge in [0.15, 0.2) is 0 Å². The third kappa shape index (κ3) is 4.73. The Balaban J connectivity index is 2.64. The van der Waals surface area contributed by atoms with Crippen LogP contribution in [-0.2, 0) is 0 Å². The van der Waals surface area contributed by atoms with E-state index in [1.165, 1.54) is 6.07 Å². The maximum atomic E-state index is 10.9. The van der Waals surface area contributed by atoms with E-state index in [1.54, 1.807) is 12.1 Å². The van der Waals surface area contributed by atoms with Crippen LogP contribution in [0.2, 0.25) is 0 Å². The normalized spacial score (nSPS) is 13.1. The lowest BCUT2D eigenvalue weighted by atomic mass is 9.89. The number of hydrogen-bond donors (Lipinski definition) is 1. The van der Waals surface area contributed by atoms with Gasteiger partial charge in [0.05, 0.1) is 4.92 Å². The minimum absolute atomic E-state index is 0.139. The average molecular weight is 250 g/mol. The molecule has 1 rings (SSSR count). The monoisotopic (exact) mass is 250 g/mol. The molecule has 4 nitrogen and oxygen atoms in total. The van der Waals surface area contributed by atoms with Crippen molar-refractivity contribution in [3.8, 4) is 0 Å². The van der Waals surface area contributed by atoms with E-state index < -0.39 is 0 Å². The van der Waals surface area contributed by atoms with Gasteiger partial charge in [-0.15, -0.1) is 0 Å².